The molecule has 128 valence electrons. The van der Waals surface area contributed by atoms with Crippen LogP contribution in [0.5, 0.6) is 0 Å². The molecule has 2 aromatic carbocycles. The van der Waals surface area contributed by atoms with E-state index in [2.05, 4.69) is 15.6 Å². The summed E-state index contributed by atoms with van der Waals surface area (Å²) >= 11 is 1.45. The minimum atomic E-state index is -0.174. The van der Waals surface area contributed by atoms with Crippen molar-refractivity contribution in [2.24, 2.45) is 0 Å². The van der Waals surface area contributed by atoms with Crippen molar-refractivity contribution in [3.05, 3.63) is 59.2 Å². The van der Waals surface area contributed by atoms with E-state index >= 15 is 0 Å². The molecule has 0 radical (unpaired) electrons. The molecule has 6 heteroatoms. The van der Waals surface area contributed by atoms with Gasteiger partial charge in [0.25, 0.3) is 5.91 Å². The fourth-order valence-corrected chi connectivity index (χ4v) is 3.43. The Kier molecular flexibility index (Phi) is 5.09. The molecule has 5 nitrogen and oxygen atoms in total. The van der Waals surface area contributed by atoms with E-state index in [1.165, 1.54) is 11.3 Å². The Morgan fingerprint density at radius 2 is 1.88 bits per heavy atom. The summed E-state index contributed by atoms with van der Waals surface area (Å²) in [5.74, 6) is -0.340. The highest BCUT2D eigenvalue weighted by molar-refractivity contribution is 7.22. The van der Waals surface area contributed by atoms with Gasteiger partial charge in [0, 0.05) is 18.5 Å². The maximum atomic E-state index is 12.0. The quantitative estimate of drug-likeness (QED) is 0.735. The van der Waals surface area contributed by atoms with Crippen LogP contribution in [0.15, 0.2) is 42.5 Å². The Bertz CT molecular complexity index is 933. The second-order valence-electron chi connectivity index (χ2n) is 5.91. The van der Waals surface area contributed by atoms with E-state index in [9.17, 15) is 9.59 Å². The molecule has 1 heterocycles. The lowest BCUT2D eigenvalue weighted by Gasteiger charge is -2.05. The topological polar surface area (TPSA) is 71.1 Å². The molecule has 0 aliphatic carbocycles. The highest BCUT2D eigenvalue weighted by Gasteiger charge is 2.09. The zero-order valence-corrected chi connectivity index (χ0v) is 14.9. The standard InChI is InChI=1S/C19H19N3O2S/c1-12-4-3-5-14(10-12)18(24)20-9-8-17(23)22-19-21-15-7-6-13(2)11-16(15)25-19/h3-7,10-11H,8-9H2,1-2H3,(H,20,24)(H,21,22,23). The summed E-state index contributed by atoms with van der Waals surface area (Å²) in [4.78, 5) is 28.5. The van der Waals surface area contributed by atoms with Gasteiger partial charge in [0.1, 0.15) is 0 Å². The van der Waals surface area contributed by atoms with E-state index in [1.807, 2.05) is 50.2 Å². The van der Waals surface area contributed by atoms with Crippen LogP contribution in [0.3, 0.4) is 0 Å². The van der Waals surface area contributed by atoms with Gasteiger partial charge in [-0.05, 0) is 43.7 Å². The number of aryl methyl sites for hydroxylation is 2. The van der Waals surface area contributed by atoms with E-state index in [1.54, 1.807) is 6.07 Å². The molecule has 2 amide bonds. The van der Waals surface area contributed by atoms with Crippen molar-refractivity contribution in [1.82, 2.24) is 10.3 Å². The first-order chi connectivity index (χ1) is 12.0. The number of amides is 2. The molecular formula is C19H19N3O2S. The van der Waals surface area contributed by atoms with Crippen LogP contribution in [0, 0.1) is 13.8 Å². The van der Waals surface area contributed by atoms with Crippen LogP contribution in [0.25, 0.3) is 10.2 Å². The normalized spacial score (nSPS) is 10.6. The predicted molar refractivity (Wildman–Crippen MR) is 101 cm³/mol. The number of aromatic nitrogens is 1. The number of fused-ring (bicyclic) bond motifs is 1. The number of carbonyl (C=O) groups is 2. The van der Waals surface area contributed by atoms with Gasteiger partial charge in [-0.1, -0.05) is 35.1 Å². The average Bonchev–Trinajstić information content (AvgIpc) is 2.95. The van der Waals surface area contributed by atoms with Gasteiger partial charge in [0.05, 0.1) is 10.2 Å². The lowest BCUT2D eigenvalue weighted by atomic mass is 10.1. The maximum Gasteiger partial charge on any atom is 0.251 e. The van der Waals surface area contributed by atoms with Gasteiger partial charge in [0.15, 0.2) is 5.13 Å². The molecule has 0 saturated heterocycles. The van der Waals surface area contributed by atoms with Gasteiger partial charge in [-0.3, -0.25) is 9.59 Å². The van der Waals surface area contributed by atoms with Crippen molar-refractivity contribution >= 4 is 38.5 Å². The highest BCUT2D eigenvalue weighted by atomic mass is 32.1. The third-order valence-electron chi connectivity index (χ3n) is 3.71. The molecular weight excluding hydrogens is 334 g/mol. The van der Waals surface area contributed by atoms with Crippen molar-refractivity contribution < 1.29 is 9.59 Å². The molecule has 0 unspecified atom stereocenters. The van der Waals surface area contributed by atoms with Crippen molar-refractivity contribution in [3.63, 3.8) is 0 Å². The number of carbonyl (C=O) groups excluding carboxylic acids is 2. The molecule has 2 N–H and O–H groups in total. The molecule has 0 aliphatic rings. The molecule has 0 aliphatic heterocycles. The first-order valence-electron chi connectivity index (χ1n) is 8.03. The number of thiazole rings is 1. The fraction of sp³-hybridized carbons (Fsp3) is 0.211. The Hall–Kier alpha value is -2.73. The summed E-state index contributed by atoms with van der Waals surface area (Å²) < 4.78 is 1.04. The molecule has 1 aromatic heterocycles. The lowest BCUT2D eigenvalue weighted by Crippen LogP contribution is -2.27. The van der Waals surface area contributed by atoms with E-state index in [0.717, 1.165) is 21.3 Å². The summed E-state index contributed by atoms with van der Waals surface area (Å²) in [6.07, 6.45) is 0.201. The van der Waals surface area contributed by atoms with Gasteiger partial charge >= 0.3 is 0 Å². The molecule has 0 saturated carbocycles. The molecule has 0 fully saturated rings. The number of benzene rings is 2. The van der Waals surface area contributed by atoms with E-state index in [4.69, 9.17) is 0 Å². The van der Waals surface area contributed by atoms with Gasteiger partial charge in [-0.25, -0.2) is 4.98 Å². The maximum absolute atomic E-state index is 12.0. The van der Waals surface area contributed by atoms with Crippen LogP contribution in [-0.4, -0.2) is 23.3 Å². The van der Waals surface area contributed by atoms with Crippen molar-refractivity contribution in [2.75, 3.05) is 11.9 Å². The smallest absolute Gasteiger partial charge is 0.251 e. The Morgan fingerprint density at radius 3 is 2.68 bits per heavy atom. The summed E-state index contributed by atoms with van der Waals surface area (Å²) in [7, 11) is 0. The number of hydrogen-bond donors (Lipinski definition) is 2. The second kappa shape index (κ2) is 7.44. The van der Waals surface area contributed by atoms with Gasteiger partial charge in [-0.2, -0.15) is 0 Å². The molecule has 0 spiro atoms. The van der Waals surface area contributed by atoms with E-state index < -0.39 is 0 Å². The first kappa shape index (κ1) is 17.1. The Labute approximate surface area is 150 Å². The molecule has 3 rings (SSSR count). The van der Waals surface area contributed by atoms with Crippen molar-refractivity contribution in [2.45, 2.75) is 20.3 Å². The lowest BCUT2D eigenvalue weighted by molar-refractivity contribution is -0.116. The van der Waals surface area contributed by atoms with Gasteiger partial charge < -0.3 is 10.6 Å². The number of anilines is 1. The number of hydrogen-bond acceptors (Lipinski definition) is 4. The SMILES string of the molecule is Cc1cccc(C(=O)NCCC(=O)Nc2nc3ccc(C)cc3s2)c1. The monoisotopic (exact) mass is 353 g/mol. The Balaban J connectivity index is 1.51. The molecule has 0 bridgehead atoms. The van der Waals surface area contributed by atoms with Crippen LogP contribution < -0.4 is 10.6 Å². The third kappa shape index (κ3) is 4.42. The summed E-state index contributed by atoms with van der Waals surface area (Å²) in [6, 6.07) is 13.3. The zero-order valence-electron chi connectivity index (χ0n) is 14.1. The summed E-state index contributed by atoms with van der Waals surface area (Å²) in [5.41, 5.74) is 3.66. The zero-order chi connectivity index (χ0) is 17.8. The largest absolute Gasteiger partial charge is 0.352 e. The van der Waals surface area contributed by atoms with E-state index in [-0.39, 0.29) is 24.8 Å². The van der Waals surface area contributed by atoms with Crippen LogP contribution >= 0.6 is 11.3 Å². The van der Waals surface area contributed by atoms with Crippen molar-refractivity contribution in [1.29, 1.82) is 0 Å². The number of nitrogens with zero attached hydrogens (tertiary/aromatic N) is 1. The van der Waals surface area contributed by atoms with E-state index in [0.29, 0.717) is 10.7 Å². The average molecular weight is 353 g/mol. The summed E-state index contributed by atoms with van der Waals surface area (Å²) in [5, 5.41) is 6.13. The second-order valence-corrected chi connectivity index (χ2v) is 6.94. The van der Waals surface area contributed by atoms with Crippen LogP contribution in [0.4, 0.5) is 5.13 Å². The first-order valence-corrected chi connectivity index (χ1v) is 8.85. The molecule has 25 heavy (non-hydrogen) atoms. The fourth-order valence-electron chi connectivity index (χ4n) is 2.44. The minimum Gasteiger partial charge on any atom is -0.352 e. The third-order valence-corrected chi connectivity index (χ3v) is 4.64. The van der Waals surface area contributed by atoms with Crippen LogP contribution in [-0.2, 0) is 4.79 Å². The van der Waals surface area contributed by atoms with Crippen molar-refractivity contribution in [3.8, 4) is 0 Å². The van der Waals surface area contributed by atoms with Gasteiger partial charge in [0.2, 0.25) is 5.91 Å². The highest BCUT2D eigenvalue weighted by Crippen LogP contribution is 2.26. The Morgan fingerprint density at radius 1 is 1.08 bits per heavy atom. The minimum absolute atomic E-state index is 0.166. The molecule has 0 atom stereocenters. The van der Waals surface area contributed by atoms with Crippen LogP contribution in [0.1, 0.15) is 27.9 Å². The van der Waals surface area contributed by atoms with Gasteiger partial charge in [-0.15, -0.1) is 0 Å². The summed E-state index contributed by atoms with van der Waals surface area (Å²) in [6.45, 7) is 4.24. The number of nitrogens with one attached hydrogen (secondary N) is 2. The molecule has 3 aromatic rings. The van der Waals surface area contributed by atoms with Crippen LogP contribution in [0.2, 0.25) is 0 Å². The predicted octanol–water partition coefficient (Wildman–Crippen LogP) is 3.67. The number of rotatable bonds is 5.